The van der Waals surface area contributed by atoms with E-state index < -0.39 is 0 Å². The molecule has 1 rings (SSSR count). The minimum atomic E-state index is -0.356. The number of aromatic amines is 1. The van der Waals surface area contributed by atoms with Gasteiger partial charge in [0.05, 0.1) is 6.33 Å². The van der Waals surface area contributed by atoms with Crippen molar-refractivity contribution in [3.05, 3.63) is 16.7 Å². The van der Waals surface area contributed by atoms with Gasteiger partial charge in [0.2, 0.25) is 0 Å². The quantitative estimate of drug-likeness (QED) is 0.445. The summed E-state index contributed by atoms with van der Waals surface area (Å²) >= 11 is 4.80. The standard InChI is InChI=1S/C6H9N5OS/c1-8-6(13)11-3-4(7)9-2-10-5(3)12/h2H,1H3,(H2,8,11,13)(H3,7,9,10,12). The van der Waals surface area contributed by atoms with Gasteiger partial charge in [0.1, 0.15) is 5.69 Å². The number of aromatic nitrogens is 2. The highest BCUT2D eigenvalue weighted by molar-refractivity contribution is 7.80. The summed E-state index contributed by atoms with van der Waals surface area (Å²) in [5.41, 5.74) is 5.24. The van der Waals surface area contributed by atoms with Crippen LogP contribution in [0.1, 0.15) is 0 Å². The van der Waals surface area contributed by atoms with Gasteiger partial charge in [-0.05, 0) is 12.2 Å². The second-order valence-electron chi connectivity index (χ2n) is 2.20. The Hall–Kier alpha value is -1.63. The van der Waals surface area contributed by atoms with Crippen molar-refractivity contribution in [3.8, 4) is 0 Å². The molecule has 0 fully saturated rings. The van der Waals surface area contributed by atoms with Crippen molar-refractivity contribution in [2.75, 3.05) is 18.1 Å². The Labute approximate surface area is 79.6 Å². The van der Waals surface area contributed by atoms with Gasteiger partial charge >= 0.3 is 0 Å². The molecular weight excluding hydrogens is 190 g/mol. The van der Waals surface area contributed by atoms with Gasteiger partial charge in [-0.1, -0.05) is 0 Å². The van der Waals surface area contributed by atoms with Crippen LogP contribution in [0.25, 0.3) is 0 Å². The number of nitrogens with zero attached hydrogens (tertiary/aromatic N) is 1. The predicted octanol–water partition coefficient (Wildman–Crippen LogP) is -0.732. The number of hydrogen-bond donors (Lipinski definition) is 4. The molecule has 0 aliphatic heterocycles. The first-order valence-corrected chi connectivity index (χ1v) is 3.88. The zero-order valence-electron chi connectivity index (χ0n) is 6.92. The Morgan fingerprint density at radius 1 is 1.77 bits per heavy atom. The summed E-state index contributed by atoms with van der Waals surface area (Å²) in [4.78, 5) is 17.2. The van der Waals surface area contributed by atoms with Gasteiger partial charge in [0.15, 0.2) is 10.9 Å². The highest BCUT2D eigenvalue weighted by atomic mass is 32.1. The number of rotatable bonds is 1. The summed E-state index contributed by atoms with van der Waals surface area (Å²) in [5, 5.41) is 5.58. The van der Waals surface area contributed by atoms with E-state index in [1.807, 2.05) is 0 Å². The first-order chi connectivity index (χ1) is 6.15. The summed E-state index contributed by atoms with van der Waals surface area (Å²) in [5.74, 6) is 0.112. The molecule has 0 atom stereocenters. The lowest BCUT2D eigenvalue weighted by Crippen LogP contribution is -2.28. The molecule has 0 amide bonds. The van der Waals surface area contributed by atoms with Gasteiger partial charge in [-0.3, -0.25) is 4.79 Å². The van der Waals surface area contributed by atoms with Crippen molar-refractivity contribution in [3.63, 3.8) is 0 Å². The van der Waals surface area contributed by atoms with E-state index in [-0.39, 0.29) is 17.1 Å². The number of nitrogens with one attached hydrogen (secondary N) is 3. The molecule has 0 aromatic carbocycles. The van der Waals surface area contributed by atoms with E-state index >= 15 is 0 Å². The molecule has 5 N–H and O–H groups in total. The molecule has 0 bridgehead atoms. The Kier molecular flexibility index (Phi) is 2.80. The molecule has 0 aliphatic rings. The van der Waals surface area contributed by atoms with Crippen LogP contribution in [0.3, 0.4) is 0 Å². The van der Waals surface area contributed by atoms with Crippen LogP contribution in [0.5, 0.6) is 0 Å². The molecule has 0 spiro atoms. The molecule has 1 aromatic heterocycles. The fourth-order valence-electron chi connectivity index (χ4n) is 0.710. The molecule has 0 radical (unpaired) electrons. The molecule has 6 nitrogen and oxygen atoms in total. The third kappa shape index (κ3) is 2.15. The lowest BCUT2D eigenvalue weighted by atomic mass is 10.5. The van der Waals surface area contributed by atoms with Crippen LogP contribution < -0.4 is 21.9 Å². The normalized spacial score (nSPS) is 9.31. The average molecular weight is 199 g/mol. The van der Waals surface area contributed by atoms with E-state index in [0.29, 0.717) is 5.11 Å². The van der Waals surface area contributed by atoms with E-state index in [9.17, 15) is 4.79 Å². The molecule has 1 aromatic rings. The summed E-state index contributed by atoms with van der Waals surface area (Å²) in [6.45, 7) is 0. The monoisotopic (exact) mass is 199 g/mol. The molecular formula is C6H9N5OS. The van der Waals surface area contributed by atoms with Crippen molar-refractivity contribution in [2.24, 2.45) is 0 Å². The highest BCUT2D eigenvalue weighted by Gasteiger charge is 2.05. The fourth-order valence-corrected chi connectivity index (χ4v) is 0.812. The van der Waals surface area contributed by atoms with Crippen molar-refractivity contribution in [1.82, 2.24) is 15.3 Å². The highest BCUT2D eigenvalue weighted by Crippen LogP contribution is 2.05. The van der Waals surface area contributed by atoms with Crippen molar-refractivity contribution in [1.29, 1.82) is 0 Å². The van der Waals surface area contributed by atoms with Crippen LogP contribution in [0.15, 0.2) is 11.1 Å². The van der Waals surface area contributed by atoms with E-state index in [4.69, 9.17) is 18.0 Å². The topological polar surface area (TPSA) is 95.8 Å². The first kappa shape index (κ1) is 9.46. The van der Waals surface area contributed by atoms with Crippen LogP contribution in [0.2, 0.25) is 0 Å². The SMILES string of the molecule is CNC(=S)Nc1c(N)nc[nH]c1=O. The van der Waals surface area contributed by atoms with Gasteiger partial charge in [-0.2, -0.15) is 0 Å². The molecule has 70 valence electrons. The van der Waals surface area contributed by atoms with Crippen LogP contribution in [-0.2, 0) is 0 Å². The zero-order valence-corrected chi connectivity index (χ0v) is 7.73. The predicted molar refractivity (Wildman–Crippen MR) is 54.6 cm³/mol. The van der Waals surface area contributed by atoms with Gasteiger partial charge in [0, 0.05) is 7.05 Å². The third-order valence-electron chi connectivity index (χ3n) is 1.35. The molecule has 7 heteroatoms. The Morgan fingerprint density at radius 2 is 2.46 bits per heavy atom. The van der Waals surface area contributed by atoms with Gasteiger partial charge in [0.25, 0.3) is 5.56 Å². The van der Waals surface area contributed by atoms with Gasteiger partial charge < -0.3 is 21.4 Å². The molecule has 0 saturated heterocycles. The summed E-state index contributed by atoms with van der Waals surface area (Å²) in [7, 11) is 1.64. The Morgan fingerprint density at radius 3 is 3.00 bits per heavy atom. The lowest BCUT2D eigenvalue weighted by molar-refractivity contribution is 1.12. The molecule has 1 heterocycles. The van der Waals surface area contributed by atoms with E-state index in [0.717, 1.165) is 0 Å². The molecule has 0 saturated carbocycles. The second-order valence-corrected chi connectivity index (χ2v) is 2.60. The maximum atomic E-state index is 11.2. The van der Waals surface area contributed by atoms with Crippen LogP contribution in [0, 0.1) is 0 Å². The van der Waals surface area contributed by atoms with Crippen LogP contribution >= 0.6 is 12.2 Å². The zero-order chi connectivity index (χ0) is 9.84. The maximum absolute atomic E-state index is 11.2. The van der Waals surface area contributed by atoms with Crippen molar-refractivity contribution >= 4 is 28.8 Å². The van der Waals surface area contributed by atoms with Gasteiger partial charge in [-0.25, -0.2) is 4.98 Å². The van der Waals surface area contributed by atoms with E-state index in [1.165, 1.54) is 6.33 Å². The lowest BCUT2D eigenvalue weighted by Gasteiger charge is -2.06. The molecule has 0 aliphatic carbocycles. The smallest absolute Gasteiger partial charge is 0.276 e. The van der Waals surface area contributed by atoms with Crippen molar-refractivity contribution in [2.45, 2.75) is 0 Å². The largest absolute Gasteiger partial charge is 0.382 e. The molecule has 13 heavy (non-hydrogen) atoms. The maximum Gasteiger partial charge on any atom is 0.276 e. The fraction of sp³-hybridized carbons (Fsp3) is 0.167. The Bertz CT molecular complexity index is 374. The minimum Gasteiger partial charge on any atom is -0.382 e. The van der Waals surface area contributed by atoms with Crippen molar-refractivity contribution < 1.29 is 0 Å². The summed E-state index contributed by atoms with van der Waals surface area (Å²) in [6, 6.07) is 0. The van der Waals surface area contributed by atoms with E-state index in [2.05, 4.69) is 20.6 Å². The number of H-pyrrole nitrogens is 1. The van der Waals surface area contributed by atoms with Gasteiger partial charge in [-0.15, -0.1) is 0 Å². The number of nitrogen functional groups attached to an aromatic ring is 1. The second kappa shape index (κ2) is 3.85. The average Bonchev–Trinajstić information content (AvgIpc) is 2.11. The first-order valence-electron chi connectivity index (χ1n) is 3.47. The number of anilines is 2. The number of thiocarbonyl (C=S) groups is 1. The summed E-state index contributed by atoms with van der Waals surface area (Å²) in [6.07, 6.45) is 1.23. The minimum absolute atomic E-state index is 0.112. The molecule has 0 unspecified atom stereocenters. The van der Waals surface area contributed by atoms with Crippen LogP contribution in [0.4, 0.5) is 11.5 Å². The number of nitrogens with two attached hydrogens (primary N) is 1. The number of hydrogen-bond acceptors (Lipinski definition) is 4. The third-order valence-corrected chi connectivity index (χ3v) is 1.65. The Balaban J connectivity index is 3.00. The summed E-state index contributed by atoms with van der Waals surface area (Å²) < 4.78 is 0. The van der Waals surface area contributed by atoms with E-state index in [1.54, 1.807) is 7.05 Å². The van der Waals surface area contributed by atoms with Crippen LogP contribution in [-0.4, -0.2) is 22.1 Å².